The Kier molecular flexibility index (Phi) is 6.12. The zero-order chi connectivity index (χ0) is 16.2. The fraction of sp³-hybridized carbons (Fsp3) is 0.462. The van der Waals surface area contributed by atoms with Crippen LogP contribution in [0.15, 0.2) is 23.1 Å². The molecule has 0 saturated carbocycles. The molecule has 0 aliphatic heterocycles. The van der Waals surface area contributed by atoms with Crippen LogP contribution in [-0.4, -0.2) is 45.5 Å². The van der Waals surface area contributed by atoms with E-state index in [1.54, 1.807) is 0 Å². The van der Waals surface area contributed by atoms with Crippen molar-refractivity contribution >= 4 is 25.6 Å². The van der Waals surface area contributed by atoms with Crippen molar-refractivity contribution in [1.82, 2.24) is 4.90 Å². The largest absolute Gasteiger partial charge is 0.383 e. The van der Waals surface area contributed by atoms with E-state index in [0.29, 0.717) is 13.2 Å². The Bertz CT molecular complexity index is 619. The van der Waals surface area contributed by atoms with Gasteiger partial charge in [-0.25, -0.2) is 12.8 Å². The van der Waals surface area contributed by atoms with Crippen LogP contribution in [-0.2, 0) is 13.8 Å². The first kappa shape index (κ1) is 17.9. The van der Waals surface area contributed by atoms with Gasteiger partial charge >= 0.3 is 0 Å². The number of hydrogen-bond acceptors (Lipinski definition) is 4. The lowest BCUT2D eigenvalue weighted by Gasteiger charge is -2.26. The molecule has 0 fully saturated rings. The van der Waals surface area contributed by atoms with E-state index in [2.05, 4.69) is 0 Å². The first-order chi connectivity index (χ1) is 9.68. The molecular formula is C13H17ClFNO4S. The minimum atomic E-state index is -4.25. The number of benzene rings is 1. The summed E-state index contributed by atoms with van der Waals surface area (Å²) >= 11 is 0. The fourth-order valence-corrected chi connectivity index (χ4v) is 2.70. The SMILES string of the molecule is COCCN(C(=O)c1ccc(F)c(S(=O)(=O)Cl)c1)C(C)C. The minimum absolute atomic E-state index is 0.0560. The maximum atomic E-state index is 13.5. The van der Waals surface area contributed by atoms with E-state index >= 15 is 0 Å². The lowest BCUT2D eigenvalue weighted by atomic mass is 10.1. The van der Waals surface area contributed by atoms with Crippen molar-refractivity contribution < 1.29 is 22.3 Å². The molecule has 0 aliphatic carbocycles. The van der Waals surface area contributed by atoms with Crippen LogP contribution in [0.3, 0.4) is 0 Å². The summed E-state index contributed by atoms with van der Waals surface area (Å²) in [5.41, 5.74) is 0.0560. The Labute approximate surface area is 128 Å². The molecule has 0 unspecified atom stereocenters. The number of amides is 1. The summed E-state index contributed by atoms with van der Waals surface area (Å²) in [4.78, 5) is 13.2. The van der Waals surface area contributed by atoms with Gasteiger partial charge in [-0.1, -0.05) is 0 Å². The summed E-state index contributed by atoms with van der Waals surface area (Å²) in [7, 11) is 2.42. The molecule has 0 saturated heterocycles. The molecule has 5 nitrogen and oxygen atoms in total. The molecule has 8 heteroatoms. The van der Waals surface area contributed by atoms with Crippen LogP contribution in [0.1, 0.15) is 24.2 Å². The Morgan fingerprint density at radius 2 is 2.05 bits per heavy atom. The molecule has 0 spiro atoms. The van der Waals surface area contributed by atoms with Gasteiger partial charge in [0.1, 0.15) is 10.7 Å². The molecule has 0 aromatic heterocycles. The monoisotopic (exact) mass is 337 g/mol. The summed E-state index contributed by atoms with van der Waals surface area (Å²) in [6, 6.07) is 2.97. The van der Waals surface area contributed by atoms with Crippen molar-refractivity contribution in [2.24, 2.45) is 0 Å². The molecule has 0 atom stereocenters. The van der Waals surface area contributed by atoms with E-state index in [0.717, 1.165) is 12.1 Å². The van der Waals surface area contributed by atoms with Crippen LogP contribution in [0.4, 0.5) is 4.39 Å². The highest BCUT2D eigenvalue weighted by Gasteiger charge is 2.23. The summed E-state index contributed by atoms with van der Waals surface area (Å²) in [6.45, 7) is 4.31. The van der Waals surface area contributed by atoms with E-state index < -0.39 is 25.7 Å². The topological polar surface area (TPSA) is 63.7 Å². The standard InChI is InChI=1S/C13H17ClFNO4S/c1-9(2)16(6-7-20-3)13(17)10-4-5-11(15)12(8-10)21(14,18)19/h4-5,8-9H,6-7H2,1-3H3. The Hall–Kier alpha value is -1.18. The van der Waals surface area contributed by atoms with Crippen molar-refractivity contribution in [2.45, 2.75) is 24.8 Å². The van der Waals surface area contributed by atoms with Crippen LogP contribution in [0.5, 0.6) is 0 Å². The van der Waals surface area contributed by atoms with Gasteiger partial charge in [0.15, 0.2) is 0 Å². The molecule has 0 N–H and O–H groups in total. The van der Waals surface area contributed by atoms with Gasteiger partial charge in [0.2, 0.25) is 0 Å². The quantitative estimate of drug-likeness (QED) is 0.747. The maximum absolute atomic E-state index is 13.5. The van der Waals surface area contributed by atoms with Crippen LogP contribution < -0.4 is 0 Å². The second-order valence-electron chi connectivity index (χ2n) is 4.67. The molecule has 1 aromatic rings. The molecule has 0 aliphatic rings. The summed E-state index contributed by atoms with van der Waals surface area (Å²) in [5.74, 6) is -1.40. The molecule has 118 valence electrons. The Morgan fingerprint density at radius 3 is 2.52 bits per heavy atom. The Balaban J connectivity index is 3.17. The van der Waals surface area contributed by atoms with E-state index in [9.17, 15) is 17.6 Å². The van der Waals surface area contributed by atoms with Crippen LogP contribution in [0.2, 0.25) is 0 Å². The number of methoxy groups -OCH3 is 1. The summed E-state index contributed by atoms with van der Waals surface area (Å²) in [5, 5.41) is 0. The molecule has 0 radical (unpaired) electrons. The van der Waals surface area contributed by atoms with Crippen molar-refractivity contribution in [2.75, 3.05) is 20.3 Å². The maximum Gasteiger partial charge on any atom is 0.264 e. The normalized spacial score (nSPS) is 11.7. The number of carbonyl (C=O) groups excluding carboxylic acids is 1. The van der Waals surface area contributed by atoms with E-state index in [-0.39, 0.29) is 11.6 Å². The van der Waals surface area contributed by atoms with Crippen molar-refractivity contribution in [1.29, 1.82) is 0 Å². The molecule has 1 aromatic carbocycles. The van der Waals surface area contributed by atoms with Gasteiger partial charge in [0.25, 0.3) is 15.0 Å². The van der Waals surface area contributed by atoms with Gasteiger partial charge < -0.3 is 9.64 Å². The smallest absolute Gasteiger partial charge is 0.264 e. The molecule has 0 bridgehead atoms. The fourth-order valence-electron chi connectivity index (χ4n) is 1.77. The molecule has 0 heterocycles. The highest BCUT2D eigenvalue weighted by atomic mass is 35.7. The third kappa shape index (κ3) is 4.66. The van der Waals surface area contributed by atoms with Crippen LogP contribution in [0.25, 0.3) is 0 Å². The lowest BCUT2D eigenvalue weighted by Crippen LogP contribution is -2.39. The number of rotatable bonds is 6. The second kappa shape index (κ2) is 7.20. The van der Waals surface area contributed by atoms with Gasteiger partial charge in [0.05, 0.1) is 6.61 Å². The van der Waals surface area contributed by atoms with E-state index in [1.807, 2.05) is 13.8 Å². The first-order valence-corrected chi connectivity index (χ1v) is 8.53. The zero-order valence-corrected chi connectivity index (χ0v) is 13.5. The van der Waals surface area contributed by atoms with E-state index in [1.165, 1.54) is 18.1 Å². The van der Waals surface area contributed by atoms with Gasteiger partial charge in [0, 0.05) is 35.9 Å². The number of halogens is 2. The van der Waals surface area contributed by atoms with Gasteiger partial charge in [-0.15, -0.1) is 0 Å². The molecule has 1 rings (SSSR count). The average Bonchev–Trinajstić information content (AvgIpc) is 2.37. The first-order valence-electron chi connectivity index (χ1n) is 6.22. The van der Waals surface area contributed by atoms with Crippen molar-refractivity contribution in [3.8, 4) is 0 Å². The van der Waals surface area contributed by atoms with E-state index in [4.69, 9.17) is 15.4 Å². The zero-order valence-electron chi connectivity index (χ0n) is 12.0. The number of hydrogen-bond donors (Lipinski definition) is 0. The molecule has 1 amide bonds. The summed E-state index contributed by atoms with van der Waals surface area (Å²) in [6.07, 6.45) is 0. The second-order valence-corrected chi connectivity index (χ2v) is 7.20. The number of nitrogens with zero attached hydrogens (tertiary/aromatic N) is 1. The van der Waals surface area contributed by atoms with Crippen molar-refractivity contribution in [3.63, 3.8) is 0 Å². The van der Waals surface area contributed by atoms with Crippen LogP contribution >= 0.6 is 10.7 Å². The third-order valence-corrected chi connectivity index (χ3v) is 4.20. The average molecular weight is 338 g/mol. The lowest BCUT2D eigenvalue weighted by molar-refractivity contribution is 0.0634. The highest BCUT2D eigenvalue weighted by Crippen LogP contribution is 2.21. The van der Waals surface area contributed by atoms with Crippen LogP contribution in [0, 0.1) is 5.82 Å². The molecule has 21 heavy (non-hydrogen) atoms. The summed E-state index contributed by atoms with van der Waals surface area (Å²) < 4.78 is 41.0. The third-order valence-electron chi connectivity index (χ3n) is 2.86. The minimum Gasteiger partial charge on any atom is -0.383 e. The van der Waals surface area contributed by atoms with Gasteiger partial charge in [-0.2, -0.15) is 0 Å². The predicted molar refractivity (Wildman–Crippen MR) is 77.5 cm³/mol. The number of carbonyl (C=O) groups is 1. The van der Waals surface area contributed by atoms with Gasteiger partial charge in [-0.3, -0.25) is 4.79 Å². The van der Waals surface area contributed by atoms with Gasteiger partial charge in [-0.05, 0) is 32.0 Å². The Morgan fingerprint density at radius 1 is 1.43 bits per heavy atom. The highest BCUT2D eigenvalue weighted by molar-refractivity contribution is 8.13. The molecular weight excluding hydrogens is 321 g/mol. The van der Waals surface area contributed by atoms with Crippen molar-refractivity contribution in [3.05, 3.63) is 29.6 Å². The number of ether oxygens (including phenoxy) is 1. The predicted octanol–water partition coefficient (Wildman–Crippen LogP) is 2.25.